The molecule has 0 unspecified atom stereocenters. The molecule has 0 fully saturated rings. The molecule has 22 heavy (non-hydrogen) atoms. The Labute approximate surface area is 137 Å². The molecule has 0 aliphatic heterocycles. The number of rotatable bonds is 9. The summed E-state index contributed by atoms with van der Waals surface area (Å²) in [5.74, 6) is 0.674. The van der Waals surface area contributed by atoms with Crippen molar-refractivity contribution in [2.75, 3.05) is 25.5 Å². The van der Waals surface area contributed by atoms with Gasteiger partial charge in [0.2, 0.25) is 5.91 Å². The minimum absolute atomic E-state index is 0.0229. The van der Waals surface area contributed by atoms with E-state index < -0.39 is 0 Å². The first kappa shape index (κ1) is 18.6. The van der Waals surface area contributed by atoms with Gasteiger partial charge in [0.1, 0.15) is 5.75 Å². The lowest BCUT2D eigenvalue weighted by Crippen LogP contribution is -2.49. The Bertz CT molecular complexity index is 490. The first-order chi connectivity index (χ1) is 10.4. The van der Waals surface area contributed by atoms with E-state index in [4.69, 9.17) is 22.1 Å². The van der Waals surface area contributed by atoms with Crippen LogP contribution < -0.4 is 21.1 Å². The lowest BCUT2D eigenvalue weighted by atomic mass is 9.94. The summed E-state index contributed by atoms with van der Waals surface area (Å²) in [6, 6.07) is 5.32. The number of methoxy groups -OCH3 is 1. The first-order valence-corrected chi connectivity index (χ1v) is 7.95. The maximum absolute atomic E-state index is 11.9. The number of carbonyl (C=O) groups is 1. The zero-order valence-corrected chi connectivity index (χ0v) is 14.3. The van der Waals surface area contributed by atoms with Crippen LogP contribution in [0, 0.1) is 0 Å². The molecule has 5 nitrogen and oxygen atoms in total. The smallest absolute Gasteiger partial charge is 0.221 e. The van der Waals surface area contributed by atoms with Gasteiger partial charge in [0.25, 0.3) is 0 Å². The number of amides is 1. The van der Waals surface area contributed by atoms with Crippen LogP contribution in [0.5, 0.6) is 5.75 Å². The van der Waals surface area contributed by atoms with E-state index in [2.05, 4.69) is 10.6 Å². The molecule has 0 saturated carbocycles. The largest absolute Gasteiger partial charge is 0.495 e. The first-order valence-electron chi connectivity index (χ1n) is 7.57. The van der Waals surface area contributed by atoms with Gasteiger partial charge in [-0.25, -0.2) is 0 Å². The number of carbonyl (C=O) groups excluding carboxylic acids is 1. The van der Waals surface area contributed by atoms with Gasteiger partial charge in [-0.05, 0) is 31.0 Å². The molecular formula is C16H26ClN3O2. The Morgan fingerprint density at radius 1 is 1.36 bits per heavy atom. The second-order valence-electron chi connectivity index (χ2n) is 5.37. The number of halogens is 1. The van der Waals surface area contributed by atoms with E-state index in [1.165, 1.54) is 0 Å². The van der Waals surface area contributed by atoms with E-state index in [0.717, 1.165) is 18.5 Å². The van der Waals surface area contributed by atoms with Gasteiger partial charge in [-0.3, -0.25) is 4.79 Å². The monoisotopic (exact) mass is 327 g/mol. The molecule has 0 aliphatic carbocycles. The molecule has 1 aromatic rings. The van der Waals surface area contributed by atoms with Gasteiger partial charge in [0.15, 0.2) is 0 Å². The number of benzene rings is 1. The lowest BCUT2D eigenvalue weighted by Gasteiger charge is -2.26. The second kappa shape index (κ2) is 8.86. The summed E-state index contributed by atoms with van der Waals surface area (Å²) in [6.45, 7) is 5.06. The van der Waals surface area contributed by atoms with Gasteiger partial charge in [-0.2, -0.15) is 0 Å². The van der Waals surface area contributed by atoms with Crippen molar-refractivity contribution in [2.24, 2.45) is 5.73 Å². The van der Waals surface area contributed by atoms with Crippen molar-refractivity contribution >= 4 is 23.2 Å². The van der Waals surface area contributed by atoms with Crippen LogP contribution in [-0.2, 0) is 4.79 Å². The van der Waals surface area contributed by atoms with Crippen molar-refractivity contribution < 1.29 is 9.53 Å². The van der Waals surface area contributed by atoms with E-state index in [0.29, 0.717) is 30.3 Å². The Balaban J connectivity index is 2.41. The summed E-state index contributed by atoms with van der Waals surface area (Å²) in [5.41, 5.74) is 6.61. The maximum atomic E-state index is 11.9. The molecule has 0 saturated heterocycles. The van der Waals surface area contributed by atoms with Crippen molar-refractivity contribution in [1.29, 1.82) is 0 Å². The van der Waals surface area contributed by atoms with Gasteiger partial charge in [-0.1, -0.05) is 25.4 Å². The fraction of sp³-hybridized carbons (Fsp3) is 0.562. The topological polar surface area (TPSA) is 76.4 Å². The summed E-state index contributed by atoms with van der Waals surface area (Å²) >= 11 is 5.96. The van der Waals surface area contributed by atoms with Gasteiger partial charge in [0, 0.05) is 30.1 Å². The number of anilines is 1. The Morgan fingerprint density at radius 3 is 2.64 bits per heavy atom. The number of nitrogens with one attached hydrogen (secondary N) is 2. The van der Waals surface area contributed by atoms with Crippen molar-refractivity contribution in [3.8, 4) is 5.75 Å². The van der Waals surface area contributed by atoms with Crippen LogP contribution in [-0.4, -0.2) is 31.6 Å². The van der Waals surface area contributed by atoms with Crippen molar-refractivity contribution in [3.63, 3.8) is 0 Å². The SMILES string of the molecule is CCC(N)(CC)CNC(=O)CCNc1cc(Cl)ccc1OC. The highest BCUT2D eigenvalue weighted by Gasteiger charge is 2.20. The number of ether oxygens (including phenoxy) is 1. The summed E-state index contributed by atoms with van der Waals surface area (Å²) < 4.78 is 5.24. The summed E-state index contributed by atoms with van der Waals surface area (Å²) in [4.78, 5) is 11.9. The summed E-state index contributed by atoms with van der Waals surface area (Å²) in [5, 5.41) is 6.67. The van der Waals surface area contributed by atoms with Crippen LogP contribution in [0.1, 0.15) is 33.1 Å². The molecule has 1 aromatic carbocycles. The zero-order valence-electron chi connectivity index (χ0n) is 13.5. The molecule has 0 radical (unpaired) electrons. The molecule has 0 bridgehead atoms. The van der Waals surface area contributed by atoms with Crippen molar-refractivity contribution in [3.05, 3.63) is 23.2 Å². The molecule has 1 rings (SSSR count). The van der Waals surface area contributed by atoms with Gasteiger partial charge in [0.05, 0.1) is 12.8 Å². The predicted molar refractivity (Wildman–Crippen MR) is 91.6 cm³/mol. The summed E-state index contributed by atoms with van der Waals surface area (Å²) in [7, 11) is 1.59. The Hall–Kier alpha value is -1.46. The molecule has 0 spiro atoms. The molecule has 6 heteroatoms. The van der Waals surface area contributed by atoms with Gasteiger partial charge < -0.3 is 21.1 Å². The van der Waals surface area contributed by atoms with Crippen LogP contribution in [0.3, 0.4) is 0 Å². The number of hydrogen-bond donors (Lipinski definition) is 3. The zero-order chi connectivity index (χ0) is 16.6. The minimum Gasteiger partial charge on any atom is -0.495 e. The van der Waals surface area contributed by atoms with Crippen LogP contribution in [0.15, 0.2) is 18.2 Å². The highest BCUT2D eigenvalue weighted by molar-refractivity contribution is 6.30. The minimum atomic E-state index is -0.320. The molecule has 0 heterocycles. The van der Waals surface area contributed by atoms with Crippen LogP contribution in [0.2, 0.25) is 5.02 Å². The highest BCUT2D eigenvalue weighted by atomic mass is 35.5. The molecule has 0 aromatic heterocycles. The third-order valence-corrected chi connectivity index (χ3v) is 4.11. The average molecular weight is 328 g/mol. The predicted octanol–water partition coefficient (Wildman–Crippen LogP) is 2.78. The Kier molecular flexibility index (Phi) is 7.48. The van der Waals surface area contributed by atoms with E-state index in [1.807, 2.05) is 13.8 Å². The third-order valence-electron chi connectivity index (χ3n) is 3.87. The Morgan fingerprint density at radius 2 is 2.05 bits per heavy atom. The fourth-order valence-corrected chi connectivity index (χ4v) is 2.16. The molecule has 4 N–H and O–H groups in total. The van der Waals surface area contributed by atoms with Crippen LogP contribution in [0.25, 0.3) is 0 Å². The van der Waals surface area contributed by atoms with E-state index >= 15 is 0 Å². The fourth-order valence-electron chi connectivity index (χ4n) is 1.99. The van der Waals surface area contributed by atoms with Gasteiger partial charge in [-0.15, -0.1) is 0 Å². The van der Waals surface area contributed by atoms with E-state index in [9.17, 15) is 4.79 Å². The molecule has 0 atom stereocenters. The maximum Gasteiger partial charge on any atom is 0.221 e. The lowest BCUT2D eigenvalue weighted by molar-refractivity contribution is -0.121. The summed E-state index contributed by atoms with van der Waals surface area (Å²) in [6.07, 6.45) is 2.03. The molecular weight excluding hydrogens is 302 g/mol. The van der Waals surface area contributed by atoms with Crippen molar-refractivity contribution in [1.82, 2.24) is 5.32 Å². The van der Waals surface area contributed by atoms with Crippen molar-refractivity contribution in [2.45, 2.75) is 38.6 Å². The van der Waals surface area contributed by atoms with E-state index in [1.54, 1.807) is 25.3 Å². The number of hydrogen-bond acceptors (Lipinski definition) is 4. The number of nitrogens with two attached hydrogens (primary N) is 1. The standard InChI is InChI=1S/C16H26ClN3O2/c1-4-16(18,5-2)11-20-15(21)8-9-19-13-10-12(17)6-7-14(13)22-3/h6-7,10,19H,4-5,8-9,11,18H2,1-3H3,(H,20,21). The van der Waals surface area contributed by atoms with Gasteiger partial charge >= 0.3 is 0 Å². The average Bonchev–Trinajstić information content (AvgIpc) is 2.53. The third kappa shape index (κ3) is 5.73. The van der Waals surface area contributed by atoms with E-state index in [-0.39, 0.29) is 11.4 Å². The molecule has 1 amide bonds. The highest BCUT2D eigenvalue weighted by Crippen LogP contribution is 2.27. The van der Waals surface area contributed by atoms with Crippen LogP contribution >= 0.6 is 11.6 Å². The molecule has 0 aliphatic rings. The quantitative estimate of drug-likeness (QED) is 0.652. The normalized spacial score (nSPS) is 11.1. The van der Waals surface area contributed by atoms with Crippen LogP contribution in [0.4, 0.5) is 5.69 Å². The second-order valence-corrected chi connectivity index (χ2v) is 5.80. The molecule has 124 valence electrons.